The average molecular weight is 559 g/mol. The van der Waals surface area contributed by atoms with Crippen LogP contribution in [-0.2, 0) is 16.9 Å². The van der Waals surface area contributed by atoms with Crippen LogP contribution in [0.15, 0.2) is 54.6 Å². The largest absolute Gasteiger partial charge is 0.494 e. The SMILES string of the molecule is CCNC(O)[C@@H]1CN(Cc2cccc(OCC)c2)[C@@]2(C(=O)Nc3nc(Cl)ccc32)[C@H]1c1cccc(Cl)c1F. The summed E-state index contributed by atoms with van der Waals surface area (Å²) in [6.07, 6.45) is -1.02. The van der Waals surface area contributed by atoms with Crippen LogP contribution < -0.4 is 15.4 Å². The number of hydrogen-bond acceptors (Lipinski definition) is 6. The molecule has 3 heterocycles. The zero-order valence-electron chi connectivity index (χ0n) is 21.0. The van der Waals surface area contributed by atoms with Crippen molar-refractivity contribution in [1.29, 1.82) is 0 Å². The summed E-state index contributed by atoms with van der Waals surface area (Å²) in [6.45, 7) is 5.43. The molecule has 38 heavy (non-hydrogen) atoms. The second kappa shape index (κ2) is 10.8. The van der Waals surface area contributed by atoms with Gasteiger partial charge in [0.05, 0.1) is 11.6 Å². The molecule has 10 heteroatoms. The highest BCUT2D eigenvalue weighted by molar-refractivity contribution is 6.30. The monoisotopic (exact) mass is 558 g/mol. The number of halogens is 3. The molecule has 5 rings (SSSR count). The van der Waals surface area contributed by atoms with Crippen LogP contribution in [0.2, 0.25) is 10.2 Å². The Balaban J connectivity index is 1.73. The standard InChI is InChI=1S/C28H29Cl2FN4O3/c1-3-32-26(36)19-15-35(14-16-7-5-8-17(13-16)38-4-2)28(23(19)18-9-6-10-21(29)24(18)31)20-11-12-22(30)33-25(20)34-27(28)37/h5-13,19,23,26,32,36H,3-4,14-15H2,1-2H3,(H,33,34,37)/t19-,23+,26?,28-/m1/s1. The zero-order valence-corrected chi connectivity index (χ0v) is 22.6. The molecule has 4 atom stereocenters. The van der Waals surface area contributed by atoms with Crippen LogP contribution in [0.5, 0.6) is 5.75 Å². The highest BCUT2D eigenvalue weighted by Gasteiger charge is 2.65. The van der Waals surface area contributed by atoms with Crippen molar-refractivity contribution in [3.8, 4) is 5.75 Å². The lowest BCUT2D eigenvalue weighted by molar-refractivity contribution is -0.127. The molecule has 3 N–H and O–H groups in total. The molecule has 1 fully saturated rings. The maximum atomic E-state index is 15.7. The smallest absolute Gasteiger partial charge is 0.251 e. The summed E-state index contributed by atoms with van der Waals surface area (Å²) >= 11 is 12.4. The quantitative estimate of drug-likeness (QED) is 0.269. The number of aliphatic hydroxyl groups is 1. The Hall–Kier alpha value is -2.75. The lowest BCUT2D eigenvalue weighted by atomic mass is 9.71. The van der Waals surface area contributed by atoms with E-state index in [4.69, 9.17) is 27.9 Å². The van der Waals surface area contributed by atoms with Gasteiger partial charge in [0.15, 0.2) is 0 Å². The molecule has 1 unspecified atom stereocenters. The summed E-state index contributed by atoms with van der Waals surface area (Å²) in [5, 5.41) is 17.4. The van der Waals surface area contributed by atoms with E-state index in [1.165, 1.54) is 6.07 Å². The number of anilines is 1. The lowest BCUT2D eigenvalue weighted by Crippen LogP contribution is -2.50. The molecular formula is C28H29Cl2FN4O3. The van der Waals surface area contributed by atoms with Crippen LogP contribution in [0.4, 0.5) is 10.2 Å². The van der Waals surface area contributed by atoms with Crippen LogP contribution in [0.3, 0.4) is 0 Å². The molecule has 1 aromatic heterocycles. The van der Waals surface area contributed by atoms with Crippen molar-refractivity contribution in [2.75, 3.05) is 25.0 Å². The van der Waals surface area contributed by atoms with Gasteiger partial charge >= 0.3 is 0 Å². The Morgan fingerprint density at radius 3 is 2.79 bits per heavy atom. The van der Waals surface area contributed by atoms with Crippen LogP contribution in [-0.4, -0.2) is 46.8 Å². The van der Waals surface area contributed by atoms with E-state index < -0.39 is 29.4 Å². The third-order valence-electron chi connectivity index (χ3n) is 7.38. The van der Waals surface area contributed by atoms with E-state index in [9.17, 15) is 9.90 Å². The molecule has 7 nitrogen and oxygen atoms in total. The number of aromatic nitrogens is 1. The first-order valence-corrected chi connectivity index (χ1v) is 13.4. The Kier molecular flexibility index (Phi) is 7.62. The van der Waals surface area contributed by atoms with Crippen molar-refractivity contribution >= 4 is 34.9 Å². The van der Waals surface area contributed by atoms with Crippen molar-refractivity contribution in [2.45, 2.75) is 38.1 Å². The van der Waals surface area contributed by atoms with Crippen LogP contribution in [0.25, 0.3) is 0 Å². The highest BCUT2D eigenvalue weighted by atomic mass is 35.5. The topological polar surface area (TPSA) is 86.7 Å². The first-order valence-electron chi connectivity index (χ1n) is 12.6. The fraction of sp³-hybridized carbons (Fsp3) is 0.357. The van der Waals surface area contributed by atoms with Gasteiger partial charge in [-0.1, -0.05) is 54.4 Å². The number of nitrogens with zero attached hydrogens (tertiary/aromatic N) is 2. The molecule has 0 radical (unpaired) electrons. The van der Waals surface area contributed by atoms with E-state index in [2.05, 4.69) is 15.6 Å². The summed E-state index contributed by atoms with van der Waals surface area (Å²) in [5.74, 6) is -1.31. The molecule has 1 amide bonds. The van der Waals surface area contributed by atoms with Crippen molar-refractivity contribution < 1.29 is 19.0 Å². The molecule has 1 spiro atoms. The van der Waals surface area contributed by atoms with Gasteiger partial charge < -0.3 is 15.2 Å². The minimum absolute atomic E-state index is 0.0509. The number of rotatable bonds is 8. The van der Waals surface area contributed by atoms with Gasteiger partial charge in [-0.25, -0.2) is 9.37 Å². The highest BCUT2D eigenvalue weighted by Crippen LogP contribution is 2.58. The van der Waals surface area contributed by atoms with E-state index in [0.717, 1.165) is 5.56 Å². The first-order chi connectivity index (χ1) is 18.3. The molecule has 0 aliphatic carbocycles. The maximum absolute atomic E-state index is 15.7. The number of carbonyl (C=O) groups excluding carboxylic acids is 1. The number of hydrogen-bond donors (Lipinski definition) is 3. The van der Waals surface area contributed by atoms with Crippen molar-refractivity contribution in [2.24, 2.45) is 5.92 Å². The molecule has 3 aromatic rings. The van der Waals surface area contributed by atoms with Gasteiger partial charge in [-0.2, -0.15) is 0 Å². The molecule has 1 saturated heterocycles. The van der Waals surface area contributed by atoms with Crippen LogP contribution >= 0.6 is 23.2 Å². The number of likely N-dealkylation sites (tertiary alicyclic amines) is 1. The minimum atomic E-state index is -1.39. The molecule has 2 aliphatic heterocycles. The summed E-state index contributed by atoms with van der Waals surface area (Å²) in [7, 11) is 0. The van der Waals surface area contributed by atoms with E-state index in [0.29, 0.717) is 43.4 Å². The molecular weight excluding hydrogens is 530 g/mol. The Bertz CT molecular complexity index is 1360. The van der Waals surface area contributed by atoms with E-state index >= 15 is 4.39 Å². The Morgan fingerprint density at radius 1 is 1.24 bits per heavy atom. The Labute approximate surface area is 230 Å². The Morgan fingerprint density at radius 2 is 2.03 bits per heavy atom. The van der Waals surface area contributed by atoms with Crippen molar-refractivity contribution in [3.63, 3.8) is 0 Å². The molecule has 0 bridgehead atoms. The zero-order chi connectivity index (χ0) is 27.0. The minimum Gasteiger partial charge on any atom is -0.494 e. The second-order valence-corrected chi connectivity index (χ2v) is 10.3. The average Bonchev–Trinajstić information content (AvgIpc) is 3.36. The fourth-order valence-electron chi connectivity index (χ4n) is 5.97. The fourth-order valence-corrected chi connectivity index (χ4v) is 6.29. The van der Waals surface area contributed by atoms with Gasteiger partial charge in [0, 0.05) is 30.5 Å². The number of aliphatic hydroxyl groups excluding tert-OH is 1. The van der Waals surface area contributed by atoms with Crippen molar-refractivity contribution in [1.82, 2.24) is 15.2 Å². The van der Waals surface area contributed by atoms with Gasteiger partial charge in [-0.05, 0) is 54.9 Å². The molecule has 2 aromatic carbocycles. The maximum Gasteiger partial charge on any atom is 0.251 e. The number of benzene rings is 2. The van der Waals surface area contributed by atoms with Gasteiger partial charge in [-0.15, -0.1) is 0 Å². The van der Waals surface area contributed by atoms with Crippen LogP contribution in [0.1, 0.15) is 36.5 Å². The number of fused-ring (bicyclic) bond motifs is 2. The molecule has 2 aliphatic rings. The summed E-state index contributed by atoms with van der Waals surface area (Å²) in [4.78, 5) is 20.5. The summed E-state index contributed by atoms with van der Waals surface area (Å²) in [6, 6.07) is 15.8. The van der Waals surface area contributed by atoms with Gasteiger partial charge in [0.25, 0.3) is 5.91 Å². The van der Waals surface area contributed by atoms with E-state index in [-0.39, 0.29) is 21.6 Å². The van der Waals surface area contributed by atoms with E-state index in [1.807, 2.05) is 43.0 Å². The van der Waals surface area contributed by atoms with E-state index in [1.54, 1.807) is 24.3 Å². The lowest BCUT2D eigenvalue weighted by Gasteiger charge is -2.38. The van der Waals surface area contributed by atoms with Gasteiger partial charge in [0.1, 0.15) is 34.3 Å². The molecule has 200 valence electrons. The summed E-state index contributed by atoms with van der Waals surface area (Å²) < 4.78 is 21.4. The predicted octanol–water partition coefficient (Wildman–Crippen LogP) is 4.92. The summed E-state index contributed by atoms with van der Waals surface area (Å²) in [5.41, 5.74) is 0.343. The predicted molar refractivity (Wildman–Crippen MR) is 145 cm³/mol. The molecule has 0 saturated carbocycles. The number of pyridine rings is 1. The third kappa shape index (κ3) is 4.44. The number of nitrogens with one attached hydrogen (secondary N) is 2. The second-order valence-electron chi connectivity index (χ2n) is 9.50. The first kappa shape index (κ1) is 26.8. The number of carbonyl (C=O) groups is 1. The van der Waals surface area contributed by atoms with Gasteiger partial charge in [-0.3, -0.25) is 15.0 Å². The van der Waals surface area contributed by atoms with Crippen LogP contribution in [0, 0.1) is 11.7 Å². The number of amides is 1. The third-order valence-corrected chi connectivity index (χ3v) is 7.88. The number of ether oxygens (including phenoxy) is 1. The van der Waals surface area contributed by atoms with Gasteiger partial charge in [0.2, 0.25) is 0 Å². The van der Waals surface area contributed by atoms with Crippen molar-refractivity contribution in [3.05, 3.63) is 87.3 Å². The normalized spacial score (nSPS) is 23.5.